The lowest BCUT2D eigenvalue weighted by atomic mass is 10.2. The molecule has 0 aliphatic carbocycles. The van der Waals surface area contributed by atoms with Crippen LogP contribution in [0.25, 0.3) is 10.2 Å². The number of carbonyl (C=O) groups is 1. The summed E-state index contributed by atoms with van der Waals surface area (Å²) in [6.07, 6.45) is 2.34. The summed E-state index contributed by atoms with van der Waals surface area (Å²) in [7, 11) is -3.83. The van der Waals surface area contributed by atoms with Crippen molar-refractivity contribution in [2.45, 2.75) is 17.7 Å². The Hall–Kier alpha value is -2.65. The van der Waals surface area contributed by atoms with Crippen molar-refractivity contribution in [3.63, 3.8) is 0 Å². The van der Waals surface area contributed by atoms with Crippen molar-refractivity contribution in [3.8, 4) is 0 Å². The molecule has 0 bridgehead atoms. The minimum atomic E-state index is -3.83. The predicted octanol–water partition coefficient (Wildman–Crippen LogP) is 2.80. The molecule has 3 aromatic rings. The molecule has 1 saturated heterocycles. The average molecular weight is 403 g/mol. The second-order valence-electron chi connectivity index (χ2n) is 6.37. The van der Waals surface area contributed by atoms with Gasteiger partial charge in [-0.3, -0.25) is 9.52 Å². The minimum absolute atomic E-state index is 0.0130. The van der Waals surface area contributed by atoms with Gasteiger partial charge in [-0.25, -0.2) is 13.4 Å². The largest absolute Gasteiger partial charge is 0.366 e. The molecule has 0 atom stereocenters. The van der Waals surface area contributed by atoms with Gasteiger partial charge in [0.2, 0.25) is 5.91 Å². The maximum absolute atomic E-state index is 12.6. The summed E-state index contributed by atoms with van der Waals surface area (Å²) in [5.74, 6) is -0.674. The molecule has 3 N–H and O–H groups in total. The lowest BCUT2D eigenvalue weighted by Gasteiger charge is -2.11. The van der Waals surface area contributed by atoms with Gasteiger partial charge in [0, 0.05) is 18.7 Å². The zero-order valence-corrected chi connectivity index (χ0v) is 16.0. The van der Waals surface area contributed by atoms with Crippen LogP contribution in [-0.2, 0) is 10.0 Å². The number of nitrogens with zero attached hydrogens (tertiary/aromatic N) is 2. The lowest BCUT2D eigenvalue weighted by Crippen LogP contribution is -2.16. The fourth-order valence-corrected chi connectivity index (χ4v) is 5.20. The summed E-state index contributed by atoms with van der Waals surface area (Å²) in [6.45, 7) is 2.02. The number of aromatic nitrogens is 1. The third kappa shape index (κ3) is 3.60. The molecule has 0 radical (unpaired) electrons. The number of amides is 1. The van der Waals surface area contributed by atoms with Gasteiger partial charge in [-0.05, 0) is 49.2 Å². The number of primary amides is 1. The normalized spacial score (nSPS) is 14.6. The fourth-order valence-electron chi connectivity index (χ4n) is 3.05. The number of anilines is 2. The van der Waals surface area contributed by atoms with Crippen LogP contribution in [0.2, 0.25) is 0 Å². The van der Waals surface area contributed by atoms with Crippen LogP contribution in [0, 0.1) is 0 Å². The average Bonchev–Trinajstić information content (AvgIpc) is 3.30. The van der Waals surface area contributed by atoms with Gasteiger partial charge in [-0.2, -0.15) is 0 Å². The maximum Gasteiger partial charge on any atom is 0.261 e. The molecule has 4 rings (SSSR count). The first-order valence-corrected chi connectivity index (χ1v) is 10.8. The number of thiazole rings is 1. The summed E-state index contributed by atoms with van der Waals surface area (Å²) >= 11 is 1.56. The summed E-state index contributed by atoms with van der Waals surface area (Å²) in [5, 5.41) is 0.969. The van der Waals surface area contributed by atoms with E-state index in [9.17, 15) is 13.2 Å². The van der Waals surface area contributed by atoms with Gasteiger partial charge in [-0.1, -0.05) is 17.4 Å². The first-order valence-electron chi connectivity index (χ1n) is 8.51. The summed E-state index contributed by atoms with van der Waals surface area (Å²) in [5.41, 5.74) is 6.67. The third-order valence-corrected chi connectivity index (χ3v) is 6.89. The fraction of sp³-hybridized carbons (Fsp3) is 0.222. The first-order chi connectivity index (χ1) is 12.9. The molecule has 27 heavy (non-hydrogen) atoms. The monoisotopic (exact) mass is 402 g/mol. The Kier molecular flexibility index (Phi) is 4.48. The summed E-state index contributed by atoms with van der Waals surface area (Å²) in [4.78, 5) is 18.2. The smallest absolute Gasteiger partial charge is 0.261 e. The van der Waals surface area contributed by atoms with E-state index in [1.165, 1.54) is 37.1 Å². The molecular weight excluding hydrogens is 384 g/mol. The molecule has 2 aromatic carbocycles. The summed E-state index contributed by atoms with van der Waals surface area (Å²) in [6, 6.07) is 10.9. The van der Waals surface area contributed by atoms with E-state index in [0.717, 1.165) is 28.4 Å². The van der Waals surface area contributed by atoms with Crippen LogP contribution < -0.4 is 15.4 Å². The van der Waals surface area contributed by atoms with Crippen molar-refractivity contribution in [2.75, 3.05) is 22.7 Å². The van der Waals surface area contributed by atoms with Gasteiger partial charge in [0.25, 0.3) is 10.0 Å². The standard InChI is InChI=1S/C18H18N4O3S2/c19-17(23)12-4-3-5-14(10-12)27(24,25)21-13-6-7-15-16(11-13)26-18(20-15)22-8-1-2-9-22/h3-7,10-11,21H,1-2,8-9H2,(H2,19,23). The van der Waals surface area contributed by atoms with E-state index in [4.69, 9.17) is 5.73 Å². The Morgan fingerprint density at radius 2 is 1.93 bits per heavy atom. The van der Waals surface area contributed by atoms with Crippen LogP contribution in [0.4, 0.5) is 10.8 Å². The van der Waals surface area contributed by atoms with Crippen molar-refractivity contribution in [1.82, 2.24) is 4.98 Å². The molecule has 7 nitrogen and oxygen atoms in total. The van der Waals surface area contributed by atoms with Gasteiger partial charge in [0.05, 0.1) is 20.8 Å². The van der Waals surface area contributed by atoms with Gasteiger partial charge in [0.15, 0.2) is 5.13 Å². The number of benzene rings is 2. The number of nitrogens with two attached hydrogens (primary N) is 1. The van der Waals surface area contributed by atoms with Crippen LogP contribution in [0.5, 0.6) is 0 Å². The van der Waals surface area contributed by atoms with Crippen molar-refractivity contribution in [3.05, 3.63) is 48.0 Å². The Labute approximate surface area is 160 Å². The van der Waals surface area contributed by atoms with Crippen molar-refractivity contribution < 1.29 is 13.2 Å². The number of hydrogen-bond donors (Lipinski definition) is 2. The Morgan fingerprint density at radius 3 is 2.67 bits per heavy atom. The number of sulfonamides is 1. The third-order valence-electron chi connectivity index (χ3n) is 4.43. The molecule has 1 amide bonds. The predicted molar refractivity (Wildman–Crippen MR) is 107 cm³/mol. The van der Waals surface area contributed by atoms with Crippen LogP contribution in [0.1, 0.15) is 23.2 Å². The van der Waals surface area contributed by atoms with E-state index < -0.39 is 15.9 Å². The van der Waals surface area contributed by atoms with Crippen LogP contribution in [-0.4, -0.2) is 32.4 Å². The van der Waals surface area contributed by atoms with E-state index in [0.29, 0.717) is 5.69 Å². The van der Waals surface area contributed by atoms with Crippen LogP contribution in [0.3, 0.4) is 0 Å². The molecule has 1 aromatic heterocycles. The number of fused-ring (bicyclic) bond motifs is 1. The molecule has 1 aliphatic heterocycles. The van der Waals surface area contributed by atoms with Crippen LogP contribution >= 0.6 is 11.3 Å². The second-order valence-corrected chi connectivity index (χ2v) is 9.06. The number of nitrogens with one attached hydrogen (secondary N) is 1. The van der Waals surface area contributed by atoms with Crippen molar-refractivity contribution >= 4 is 48.3 Å². The van der Waals surface area contributed by atoms with Gasteiger partial charge in [0.1, 0.15) is 0 Å². The highest BCUT2D eigenvalue weighted by Gasteiger charge is 2.18. The molecular formula is C18H18N4O3S2. The van der Waals surface area contributed by atoms with Gasteiger partial charge in [-0.15, -0.1) is 0 Å². The van der Waals surface area contributed by atoms with E-state index in [1.54, 1.807) is 23.5 Å². The second kappa shape index (κ2) is 6.82. The zero-order chi connectivity index (χ0) is 19.0. The van der Waals surface area contributed by atoms with E-state index in [2.05, 4.69) is 14.6 Å². The van der Waals surface area contributed by atoms with Crippen molar-refractivity contribution in [2.24, 2.45) is 5.73 Å². The van der Waals surface area contributed by atoms with Crippen LogP contribution in [0.15, 0.2) is 47.4 Å². The number of hydrogen-bond acceptors (Lipinski definition) is 6. The topological polar surface area (TPSA) is 105 Å². The molecule has 9 heteroatoms. The summed E-state index contributed by atoms with van der Waals surface area (Å²) < 4.78 is 28.8. The molecule has 2 heterocycles. The van der Waals surface area contributed by atoms with E-state index >= 15 is 0 Å². The Balaban J connectivity index is 1.62. The Bertz CT molecular complexity index is 1120. The highest BCUT2D eigenvalue weighted by Crippen LogP contribution is 2.32. The Morgan fingerprint density at radius 1 is 1.15 bits per heavy atom. The molecule has 0 spiro atoms. The van der Waals surface area contributed by atoms with Gasteiger partial charge < -0.3 is 10.6 Å². The molecule has 0 unspecified atom stereocenters. The lowest BCUT2D eigenvalue weighted by molar-refractivity contribution is 0.1000. The highest BCUT2D eigenvalue weighted by atomic mass is 32.2. The molecule has 0 saturated carbocycles. The minimum Gasteiger partial charge on any atom is -0.366 e. The molecule has 1 fully saturated rings. The van der Waals surface area contributed by atoms with E-state index in [-0.39, 0.29) is 10.5 Å². The number of carbonyl (C=O) groups excluding carboxylic acids is 1. The SMILES string of the molecule is NC(=O)c1cccc(S(=O)(=O)Nc2ccc3nc(N4CCCC4)sc3c2)c1. The highest BCUT2D eigenvalue weighted by molar-refractivity contribution is 7.92. The zero-order valence-electron chi connectivity index (χ0n) is 14.4. The van der Waals surface area contributed by atoms with Gasteiger partial charge >= 0.3 is 0 Å². The quantitative estimate of drug-likeness (QED) is 0.683. The van der Waals surface area contributed by atoms with Crippen molar-refractivity contribution in [1.29, 1.82) is 0 Å². The number of rotatable bonds is 5. The van der Waals surface area contributed by atoms with E-state index in [1.807, 2.05) is 6.07 Å². The first kappa shape index (κ1) is 17.7. The molecule has 1 aliphatic rings. The molecule has 140 valence electrons. The maximum atomic E-state index is 12.6.